The molecular formula is C50H55N5O7. The van der Waals surface area contributed by atoms with Gasteiger partial charge < -0.3 is 34.0 Å². The Bertz CT molecular complexity index is 2420. The van der Waals surface area contributed by atoms with Crippen molar-refractivity contribution in [3.05, 3.63) is 112 Å². The van der Waals surface area contributed by atoms with Crippen LogP contribution in [-0.4, -0.2) is 110 Å². The van der Waals surface area contributed by atoms with Crippen molar-refractivity contribution in [2.75, 3.05) is 69.4 Å². The lowest BCUT2D eigenvalue weighted by atomic mass is 9.69. The third-order valence-corrected chi connectivity index (χ3v) is 15.2. The van der Waals surface area contributed by atoms with E-state index in [1.54, 1.807) is 12.0 Å². The molecule has 4 aromatic carbocycles. The van der Waals surface area contributed by atoms with Crippen molar-refractivity contribution < 1.29 is 33.7 Å². The molecule has 3 amide bonds. The van der Waals surface area contributed by atoms with Gasteiger partial charge in [0.25, 0.3) is 5.91 Å². The second-order valence-corrected chi connectivity index (χ2v) is 18.7. The van der Waals surface area contributed by atoms with Crippen molar-refractivity contribution in [2.24, 2.45) is 5.92 Å². The molecular weight excluding hydrogens is 783 g/mol. The number of benzene rings is 4. The zero-order valence-corrected chi connectivity index (χ0v) is 35.4. The predicted octanol–water partition coefficient (Wildman–Crippen LogP) is 5.98. The zero-order chi connectivity index (χ0) is 42.1. The molecule has 4 fully saturated rings. The van der Waals surface area contributed by atoms with Gasteiger partial charge in [-0.3, -0.25) is 24.6 Å². The topological polar surface area (TPSA) is 124 Å². The largest absolute Gasteiger partial charge is 0.508 e. The monoisotopic (exact) mass is 837 g/mol. The average Bonchev–Trinajstić information content (AvgIpc) is 3.85. The molecule has 6 heterocycles. The zero-order valence-electron chi connectivity index (χ0n) is 35.4. The number of anilines is 2. The number of carbonyl (C=O) groups is 3. The van der Waals surface area contributed by atoms with Gasteiger partial charge >= 0.3 is 0 Å². The highest BCUT2D eigenvalue weighted by molar-refractivity contribution is 6.06. The number of hydrogen-bond donors (Lipinski definition) is 2. The highest BCUT2D eigenvalue weighted by atomic mass is 16.5. The number of aryl methyl sites for hydroxylation is 1. The molecule has 1 aliphatic carbocycles. The van der Waals surface area contributed by atoms with Gasteiger partial charge in [0.2, 0.25) is 11.8 Å². The lowest BCUT2D eigenvalue weighted by Crippen LogP contribution is -2.58. The smallest absolute Gasteiger partial charge is 0.255 e. The second kappa shape index (κ2) is 15.6. The number of phenolic OH excluding ortho intramolecular Hbond substituents is 1. The van der Waals surface area contributed by atoms with Crippen LogP contribution in [0.4, 0.5) is 11.4 Å². The fraction of sp³-hybridized carbons (Fsp3) is 0.460. The van der Waals surface area contributed by atoms with E-state index in [1.165, 1.54) is 27.9 Å². The molecule has 12 nitrogen and oxygen atoms in total. The molecule has 62 heavy (non-hydrogen) atoms. The molecule has 11 rings (SSSR count). The standard InChI is InChI=1S/C50H55N5O7/c1-60-44-24-34(8-11-40(44)46-37(32-5-3-2-4-6-32)10-7-33-23-36(56)9-12-38(33)46)53-19-17-50(18-20-53)25-31(29-62-50)26-52-21-22-54-35(27-52)30-61-47-41-28-55(43-15-16-45(57)51-48(43)58)49(59)39(41)13-14-42(47)54/h2-6,8-9,11-14,23-24,31,35,37,43,46,56H,7,10,15-22,25-30H2,1H3,(H,51,57,58)/t31-,35-,37-,43+,46+/m1/s1. The van der Waals surface area contributed by atoms with Crippen LogP contribution in [0.3, 0.4) is 0 Å². The summed E-state index contributed by atoms with van der Waals surface area (Å²) in [5.41, 5.74) is 8.57. The van der Waals surface area contributed by atoms with E-state index in [-0.39, 0.29) is 35.8 Å². The lowest BCUT2D eigenvalue weighted by molar-refractivity contribution is -0.136. The van der Waals surface area contributed by atoms with E-state index in [0.717, 1.165) is 101 Å². The first-order chi connectivity index (χ1) is 30.2. The van der Waals surface area contributed by atoms with Crippen molar-refractivity contribution in [3.63, 3.8) is 0 Å². The van der Waals surface area contributed by atoms with Crippen molar-refractivity contribution in [1.82, 2.24) is 15.1 Å². The van der Waals surface area contributed by atoms with Gasteiger partial charge in [-0.25, -0.2) is 0 Å². The molecule has 1 spiro atoms. The molecule has 0 bridgehead atoms. The number of fused-ring (bicyclic) bond motifs is 6. The van der Waals surface area contributed by atoms with Gasteiger partial charge in [0, 0.05) is 80.1 Å². The molecule has 0 radical (unpaired) electrons. The van der Waals surface area contributed by atoms with Gasteiger partial charge in [-0.05, 0) is 97.4 Å². The summed E-state index contributed by atoms with van der Waals surface area (Å²) < 4.78 is 19.4. The SMILES string of the molecule is COc1cc(N2CCC3(CC2)C[C@H](CN2CCN4c5ccc6c(c5OC[C@H]4C2)CN([C@H]2CCC(=O)NC2=O)C6=O)CO3)ccc1[C@@H]1c2ccc(O)cc2CC[C@@H]1c1ccccc1. The minimum Gasteiger partial charge on any atom is -0.508 e. The summed E-state index contributed by atoms with van der Waals surface area (Å²) in [6.45, 7) is 7.27. The predicted molar refractivity (Wildman–Crippen MR) is 234 cm³/mol. The quantitative estimate of drug-likeness (QED) is 0.215. The number of imide groups is 1. The summed E-state index contributed by atoms with van der Waals surface area (Å²) in [6, 6.07) is 27.0. The lowest BCUT2D eigenvalue weighted by Gasteiger charge is -2.46. The summed E-state index contributed by atoms with van der Waals surface area (Å²) >= 11 is 0. The summed E-state index contributed by atoms with van der Waals surface area (Å²) in [7, 11) is 1.78. The number of nitrogens with one attached hydrogen (secondary N) is 1. The van der Waals surface area contributed by atoms with Crippen molar-refractivity contribution >= 4 is 29.1 Å². The number of amides is 3. The number of piperazine rings is 1. The van der Waals surface area contributed by atoms with Crippen LogP contribution in [0.25, 0.3) is 0 Å². The van der Waals surface area contributed by atoms with Crippen LogP contribution < -0.4 is 24.6 Å². The molecule has 0 saturated carbocycles. The molecule has 12 heteroatoms. The number of hydrogen-bond acceptors (Lipinski definition) is 10. The van der Waals surface area contributed by atoms with Gasteiger partial charge in [-0.1, -0.05) is 42.5 Å². The van der Waals surface area contributed by atoms with E-state index >= 15 is 0 Å². The summed E-state index contributed by atoms with van der Waals surface area (Å²) in [6.07, 6.45) is 5.59. The highest BCUT2D eigenvalue weighted by Gasteiger charge is 2.46. The normalized spacial score (nSPS) is 26.7. The van der Waals surface area contributed by atoms with E-state index in [4.69, 9.17) is 14.2 Å². The van der Waals surface area contributed by atoms with E-state index in [2.05, 4.69) is 74.6 Å². The van der Waals surface area contributed by atoms with Crippen molar-refractivity contribution in [1.29, 1.82) is 0 Å². The van der Waals surface area contributed by atoms with E-state index < -0.39 is 11.9 Å². The second-order valence-electron chi connectivity index (χ2n) is 18.7. The maximum absolute atomic E-state index is 13.4. The Hall–Kier alpha value is -5.59. The Balaban J connectivity index is 0.717. The molecule has 5 atom stereocenters. The Morgan fingerprint density at radius 1 is 0.871 bits per heavy atom. The Morgan fingerprint density at radius 3 is 2.53 bits per heavy atom. The first-order valence-electron chi connectivity index (χ1n) is 22.6. The molecule has 4 aromatic rings. The van der Waals surface area contributed by atoms with E-state index in [0.29, 0.717) is 42.7 Å². The van der Waals surface area contributed by atoms with Gasteiger partial charge in [-0.15, -0.1) is 0 Å². The number of carbonyl (C=O) groups excluding carboxylic acids is 3. The van der Waals surface area contributed by atoms with Crippen molar-refractivity contribution in [2.45, 2.75) is 81.0 Å². The Labute approximate surface area is 362 Å². The minimum atomic E-state index is -0.644. The van der Waals surface area contributed by atoms with Gasteiger partial charge in [0.1, 0.15) is 29.9 Å². The number of phenols is 1. The number of methoxy groups -OCH3 is 1. The van der Waals surface area contributed by atoms with Crippen molar-refractivity contribution in [3.8, 4) is 17.2 Å². The fourth-order valence-electron chi connectivity index (χ4n) is 12.1. The maximum Gasteiger partial charge on any atom is 0.255 e. The molecule has 322 valence electrons. The molecule has 4 saturated heterocycles. The van der Waals surface area contributed by atoms with Crippen LogP contribution in [0, 0.1) is 5.92 Å². The average molecular weight is 838 g/mol. The number of rotatable bonds is 7. The highest BCUT2D eigenvalue weighted by Crippen LogP contribution is 2.50. The molecule has 0 unspecified atom stereocenters. The fourth-order valence-corrected chi connectivity index (χ4v) is 12.1. The minimum absolute atomic E-state index is 0.0836. The Morgan fingerprint density at radius 2 is 1.71 bits per heavy atom. The summed E-state index contributed by atoms with van der Waals surface area (Å²) in [4.78, 5) is 46.9. The molecule has 6 aliphatic heterocycles. The number of ether oxygens (including phenoxy) is 3. The number of nitrogens with zero attached hydrogens (tertiary/aromatic N) is 4. The molecule has 2 N–H and O–H groups in total. The van der Waals surface area contributed by atoms with E-state index in [1.807, 2.05) is 24.3 Å². The van der Waals surface area contributed by atoms with Crippen LogP contribution in [0.1, 0.15) is 88.5 Å². The maximum atomic E-state index is 13.4. The van der Waals surface area contributed by atoms with Gasteiger partial charge in [0.05, 0.1) is 37.6 Å². The first kappa shape index (κ1) is 39.3. The van der Waals surface area contributed by atoms with Gasteiger partial charge in [-0.2, -0.15) is 0 Å². The third kappa shape index (κ3) is 6.86. The first-order valence-corrected chi connectivity index (χ1v) is 22.6. The summed E-state index contributed by atoms with van der Waals surface area (Å²) in [5.74, 6) is 2.04. The van der Waals surface area contributed by atoms with Crippen LogP contribution in [0.5, 0.6) is 17.2 Å². The van der Waals surface area contributed by atoms with Gasteiger partial charge in [0.15, 0.2) is 0 Å². The van der Waals surface area contributed by atoms with Crippen LogP contribution >= 0.6 is 0 Å². The van der Waals surface area contributed by atoms with Crippen LogP contribution in [-0.2, 0) is 27.3 Å². The number of piperidine rings is 2. The van der Waals surface area contributed by atoms with Crippen LogP contribution in [0.2, 0.25) is 0 Å². The Kier molecular flexibility index (Phi) is 9.91. The van der Waals surface area contributed by atoms with E-state index in [9.17, 15) is 19.5 Å². The summed E-state index contributed by atoms with van der Waals surface area (Å²) in [5, 5.41) is 12.7. The van der Waals surface area contributed by atoms with Crippen LogP contribution in [0.15, 0.2) is 78.9 Å². The number of aromatic hydroxyl groups is 1. The third-order valence-electron chi connectivity index (χ3n) is 15.2. The molecule has 7 aliphatic rings. The molecule has 0 aromatic heterocycles.